The van der Waals surface area contributed by atoms with Crippen molar-refractivity contribution in [3.05, 3.63) is 44.6 Å². The molecule has 1 N–H and O–H groups in total. The van der Waals surface area contributed by atoms with E-state index in [0.717, 1.165) is 28.1 Å². The van der Waals surface area contributed by atoms with Crippen LogP contribution in [0.1, 0.15) is 23.4 Å². The number of benzene rings is 1. The van der Waals surface area contributed by atoms with E-state index in [9.17, 15) is 0 Å². The SMILES string of the molecule is COc1ccc(CNC(C)c2cc(Br)cs2)c(OC)c1. The van der Waals surface area contributed by atoms with Crippen LogP contribution in [0.4, 0.5) is 0 Å². The van der Waals surface area contributed by atoms with Crippen molar-refractivity contribution in [2.24, 2.45) is 0 Å². The highest BCUT2D eigenvalue weighted by molar-refractivity contribution is 9.10. The second-order valence-corrected chi connectivity index (χ2v) is 6.31. The van der Waals surface area contributed by atoms with E-state index in [1.54, 1.807) is 25.6 Å². The van der Waals surface area contributed by atoms with Crippen molar-refractivity contribution < 1.29 is 9.47 Å². The molecule has 3 nitrogen and oxygen atoms in total. The van der Waals surface area contributed by atoms with Crippen LogP contribution in [0.2, 0.25) is 0 Å². The fourth-order valence-electron chi connectivity index (χ4n) is 1.92. The van der Waals surface area contributed by atoms with Gasteiger partial charge in [-0.05, 0) is 35.0 Å². The molecule has 2 rings (SSSR count). The van der Waals surface area contributed by atoms with Gasteiger partial charge in [0.05, 0.1) is 14.2 Å². The van der Waals surface area contributed by atoms with Gasteiger partial charge in [0.15, 0.2) is 0 Å². The Morgan fingerprint density at radius 3 is 2.65 bits per heavy atom. The number of halogens is 1. The molecule has 0 radical (unpaired) electrons. The van der Waals surface area contributed by atoms with Crippen molar-refractivity contribution >= 4 is 27.3 Å². The smallest absolute Gasteiger partial charge is 0.127 e. The van der Waals surface area contributed by atoms with E-state index in [1.165, 1.54) is 4.88 Å². The molecule has 0 saturated heterocycles. The predicted octanol–water partition coefficient (Wildman–Crippen LogP) is 4.38. The van der Waals surface area contributed by atoms with Crippen LogP contribution >= 0.6 is 27.3 Å². The van der Waals surface area contributed by atoms with E-state index < -0.39 is 0 Å². The van der Waals surface area contributed by atoms with Gasteiger partial charge in [0.2, 0.25) is 0 Å². The molecule has 2 aromatic rings. The highest BCUT2D eigenvalue weighted by Gasteiger charge is 2.10. The molecule has 0 fully saturated rings. The first kappa shape index (κ1) is 15.4. The Kier molecular flexibility index (Phi) is 5.46. The summed E-state index contributed by atoms with van der Waals surface area (Å²) in [6.07, 6.45) is 0. The lowest BCUT2D eigenvalue weighted by Crippen LogP contribution is -2.17. The Morgan fingerprint density at radius 1 is 1.25 bits per heavy atom. The Bertz CT molecular complexity index is 571. The molecule has 1 aromatic heterocycles. The minimum atomic E-state index is 0.304. The van der Waals surface area contributed by atoms with Crippen LogP contribution in [0.3, 0.4) is 0 Å². The highest BCUT2D eigenvalue weighted by Crippen LogP contribution is 2.27. The van der Waals surface area contributed by atoms with Crippen LogP contribution in [-0.2, 0) is 6.54 Å². The fraction of sp³-hybridized carbons (Fsp3) is 0.333. The average Bonchev–Trinajstić information content (AvgIpc) is 2.91. The zero-order valence-electron chi connectivity index (χ0n) is 11.8. The molecule has 1 heterocycles. The van der Waals surface area contributed by atoms with Gasteiger partial charge >= 0.3 is 0 Å². The first-order valence-corrected chi connectivity index (χ1v) is 7.99. The van der Waals surface area contributed by atoms with E-state index in [2.05, 4.69) is 39.6 Å². The van der Waals surface area contributed by atoms with Crippen LogP contribution in [0.5, 0.6) is 11.5 Å². The largest absolute Gasteiger partial charge is 0.497 e. The van der Waals surface area contributed by atoms with E-state index in [1.807, 2.05) is 18.2 Å². The Balaban J connectivity index is 2.03. The lowest BCUT2D eigenvalue weighted by atomic mass is 10.1. The van der Waals surface area contributed by atoms with E-state index >= 15 is 0 Å². The van der Waals surface area contributed by atoms with Gasteiger partial charge in [-0.1, -0.05) is 6.07 Å². The molecule has 0 saturated carbocycles. The number of thiophene rings is 1. The molecule has 1 unspecified atom stereocenters. The second-order valence-electron chi connectivity index (χ2n) is 4.45. The lowest BCUT2D eigenvalue weighted by molar-refractivity contribution is 0.389. The van der Waals surface area contributed by atoms with Crippen molar-refractivity contribution in [3.63, 3.8) is 0 Å². The first-order valence-electron chi connectivity index (χ1n) is 6.32. The maximum atomic E-state index is 5.41. The van der Waals surface area contributed by atoms with E-state index in [4.69, 9.17) is 9.47 Å². The second kappa shape index (κ2) is 7.11. The molecule has 0 bridgehead atoms. The summed E-state index contributed by atoms with van der Waals surface area (Å²) in [7, 11) is 3.33. The van der Waals surface area contributed by atoms with Crippen molar-refractivity contribution in [3.8, 4) is 11.5 Å². The van der Waals surface area contributed by atoms with Crippen molar-refractivity contribution in [1.29, 1.82) is 0 Å². The molecular weight excluding hydrogens is 338 g/mol. The third-order valence-electron chi connectivity index (χ3n) is 3.11. The summed E-state index contributed by atoms with van der Waals surface area (Å²) < 4.78 is 11.7. The molecule has 0 aliphatic heterocycles. The summed E-state index contributed by atoms with van der Waals surface area (Å²) in [6.45, 7) is 2.91. The fourth-order valence-corrected chi connectivity index (χ4v) is 3.39. The summed E-state index contributed by atoms with van der Waals surface area (Å²) in [5, 5.41) is 5.61. The number of rotatable bonds is 6. The van der Waals surface area contributed by atoms with Gasteiger partial charge in [-0.25, -0.2) is 0 Å². The van der Waals surface area contributed by atoms with Gasteiger partial charge in [-0.2, -0.15) is 0 Å². The van der Waals surface area contributed by atoms with Gasteiger partial charge in [-0.3, -0.25) is 0 Å². The number of nitrogens with one attached hydrogen (secondary N) is 1. The van der Waals surface area contributed by atoms with Gasteiger partial charge in [0.25, 0.3) is 0 Å². The van der Waals surface area contributed by atoms with Crippen LogP contribution in [0.25, 0.3) is 0 Å². The maximum absolute atomic E-state index is 5.41. The molecule has 20 heavy (non-hydrogen) atoms. The molecule has 5 heteroatoms. The Labute approximate surface area is 132 Å². The number of hydrogen-bond donors (Lipinski definition) is 1. The monoisotopic (exact) mass is 355 g/mol. The minimum Gasteiger partial charge on any atom is -0.497 e. The summed E-state index contributed by atoms with van der Waals surface area (Å²) in [4.78, 5) is 1.31. The van der Waals surface area contributed by atoms with Crippen LogP contribution in [0, 0.1) is 0 Å². The molecular formula is C15H18BrNO2S. The first-order chi connectivity index (χ1) is 9.63. The number of ether oxygens (including phenoxy) is 2. The van der Waals surface area contributed by atoms with Crippen molar-refractivity contribution in [1.82, 2.24) is 5.32 Å². The van der Waals surface area contributed by atoms with Gasteiger partial charge < -0.3 is 14.8 Å². The quantitative estimate of drug-likeness (QED) is 0.833. The topological polar surface area (TPSA) is 30.5 Å². The molecule has 0 spiro atoms. The molecule has 1 atom stereocenters. The normalized spacial score (nSPS) is 12.2. The van der Waals surface area contributed by atoms with Crippen LogP contribution in [0.15, 0.2) is 34.1 Å². The Hall–Kier alpha value is -1.04. The third-order valence-corrected chi connectivity index (χ3v) is 4.98. The van der Waals surface area contributed by atoms with E-state index in [-0.39, 0.29) is 0 Å². The number of methoxy groups -OCH3 is 2. The van der Waals surface area contributed by atoms with E-state index in [0.29, 0.717) is 6.04 Å². The van der Waals surface area contributed by atoms with Gasteiger partial charge in [0.1, 0.15) is 11.5 Å². The summed E-state index contributed by atoms with van der Waals surface area (Å²) in [5.74, 6) is 1.65. The highest BCUT2D eigenvalue weighted by atomic mass is 79.9. The third kappa shape index (κ3) is 3.75. The predicted molar refractivity (Wildman–Crippen MR) is 86.8 cm³/mol. The average molecular weight is 356 g/mol. The zero-order chi connectivity index (χ0) is 14.5. The number of hydrogen-bond acceptors (Lipinski definition) is 4. The van der Waals surface area contributed by atoms with Gasteiger partial charge in [0, 0.05) is 38.9 Å². The van der Waals surface area contributed by atoms with Gasteiger partial charge in [-0.15, -0.1) is 11.3 Å². The zero-order valence-corrected chi connectivity index (χ0v) is 14.2. The molecule has 0 aliphatic rings. The minimum absolute atomic E-state index is 0.304. The van der Waals surface area contributed by atoms with Crippen LogP contribution < -0.4 is 14.8 Å². The van der Waals surface area contributed by atoms with Crippen molar-refractivity contribution in [2.75, 3.05) is 14.2 Å². The Morgan fingerprint density at radius 2 is 2.05 bits per heavy atom. The lowest BCUT2D eigenvalue weighted by Gasteiger charge is -2.15. The summed E-state index contributed by atoms with van der Waals surface area (Å²) >= 11 is 5.23. The summed E-state index contributed by atoms with van der Waals surface area (Å²) in [6, 6.07) is 8.34. The molecule has 0 aliphatic carbocycles. The van der Waals surface area contributed by atoms with Crippen LogP contribution in [-0.4, -0.2) is 14.2 Å². The summed E-state index contributed by atoms with van der Waals surface area (Å²) in [5.41, 5.74) is 1.12. The molecule has 108 valence electrons. The van der Waals surface area contributed by atoms with Crippen molar-refractivity contribution in [2.45, 2.75) is 19.5 Å². The molecule has 1 aromatic carbocycles. The molecule has 0 amide bonds. The standard InChI is InChI=1S/C15H18BrNO2S/c1-10(15-6-12(16)9-20-15)17-8-11-4-5-13(18-2)7-14(11)19-3/h4-7,9-10,17H,8H2,1-3H3. The maximum Gasteiger partial charge on any atom is 0.127 e.